The van der Waals surface area contributed by atoms with Gasteiger partial charge in [0.05, 0.1) is 29.7 Å². The summed E-state index contributed by atoms with van der Waals surface area (Å²) in [6.07, 6.45) is 0.507. The third-order valence-electron chi connectivity index (χ3n) is 3.53. The first-order chi connectivity index (χ1) is 13.4. The highest BCUT2D eigenvalue weighted by Gasteiger charge is 2.14. The lowest BCUT2D eigenvalue weighted by Gasteiger charge is -2.08. The van der Waals surface area contributed by atoms with E-state index in [2.05, 4.69) is 4.72 Å². The normalized spacial score (nSPS) is 10.9. The Labute approximate surface area is 162 Å². The molecule has 28 heavy (non-hydrogen) atoms. The monoisotopic (exact) mass is 406 g/mol. The number of esters is 1. The number of sulfonamides is 1. The number of nitriles is 1. The Kier molecular flexibility index (Phi) is 7.92. The third-order valence-corrected chi connectivity index (χ3v) is 5.01. The smallest absolute Gasteiger partial charge is 0.338 e. The van der Waals surface area contributed by atoms with Crippen LogP contribution in [0.5, 0.6) is 5.75 Å². The summed E-state index contributed by atoms with van der Waals surface area (Å²) in [5.74, 6) is -0.408. The zero-order valence-electron chi connectivity index (χ0n) is 14.9. The van der Waals surface area contributed by atoms with Gasteiger partial charge in [0.2, 0.25) is 10.0 Å². The van der Waals surface area contributed by atoms with E-state index in [4.69, 9.17) is 14.7 Å². The second kappa shape index (κ2) is 10.4. The van der Waals surface area contributed by atoms with Gasteiger partial charge in [0, 0.05) is 19.4 Å². The zero-order chi connectivity index (χ0) is 20.4. The van der Waals surface area contributed by atoms with Crippen molar-refractivity contribution < 1.29 is 27.1 Å². The third kappa shape index (κ3) is 6.64. The minimum absolute atomic E-state index is 0.00492. The first-order valence-electron chi connectivity index (χ1n) is 8.44. The fourth-order valence-electron chi connectivity index (χ4n) is 2.12. The van der Waals surface area contributed by atoms with E-state index in [0.717, 1.165) is 0 Å². The van der Waals surface area contributed by atoms with Crippen molar-refractivity contribution in [3.8, 4) is 11.8 Å². The van der Waals surface area contributed by atoms with E-state index in [9.17, 15) is 17.6 Å². The molecule has 148 valence electrons. The van der Waals surface area contributed by atoms with Crippen LogP contribution in [0.3, 0.4) is 0 Å². The Morgan fingerprint density at radius 2 is 1.75 bits per heavy atom. The van der Waals surface area contributed by atoms with E-state index in [-0.39, 0.29) is 35.8 Å². The molecule has 0 radical (unpaired) electrons. The molecule has 0 heterocycles. The Morgan fingerprint density at radius 1 is 1.07 bits per heavy atom. The molecule has 0 aliphatic rings. The SMILES string of the molecule is N#CCCNS(=O)(=O)c1ccc(C(=O)OCCCOc2ccc(F)cc2)cc1. The molecule has 0 aromatic heterocycles. The Balaban J connectivity index is 1.76. The summed E-state index contributed by atoms with van der Waals surface area (Å²) in [5, 5.41) is 8.45. The van der Waals surface area contributed by atoms with Crippen molar-refractivity contribution in [1.82, 2.24) is 4.72 Å². The number of nitrogens with one attached hydrogen (secondary N) is 1. The maximum absolute atomic E-state index is 12.8. The van der Waals surface area contributed by atoms with Crippen molar-refractivity contribution >= 4 is 16.0 Å². The van der Waals surface area contributed by atoms with E-state index < -0.39 is 16.0 Å². The molecule has 0 aliphatic carbocycles. The van der Waals surface area contributed by atoms with Crippen LogP contribution in [0.4, 0.5) is 4.39 Å². The molecule has 0 bridgehead atoms. The van der Waals surface area contributed by atoms with Gasteiger partial charge in [-0.15, -0.1) is 0 Å². The van der Waals surface area contributed by atoms with E-state index in [1.54, 1.807) is 0 Å². The van der Waals surface area contributed by atoms with Crippen LogP contribution >= 0.6 is 0 Å². The first-order valence-corrected chi connectivity index (χ1v) is 9.93. The van der Waals surface area contributed by atoms with Gasteiger partial charge >= 0.3 is 5.97 Å². The van der Waals surface area contributed by atoms with Gasteiger partial charge in [0.15, 0.2) is 0 Å². The molecule has 2 aromatic carbocycles. The van der Waals surface area contributed by atoms with Crippen LogP contribution in [-0.2, 0) is 14.8 Å². The van der Waals surface area contributed by atoms with Crippen LogP contribution in [0.1, 0.15) is 23.2 Å². The fraction of sp³-hybridized carbons (Fsp3) is 0.263. The number of benzene rings is 2. The van der Waals surface area contributed by atoms with Gasteiger partial charge in [-0.3, -0.25) is 0 Å². The molecule has 0 unspecified atom stereocenters. The quantitative estimate of drug-likeness (QED) is 0.480. The number of nitrogens with zero attached hydrogens (tertiary/aromatic N) is 1. The molecule has 0 saturated carbocycles. The van der Waals surface area contributed by atoms with Crippen molar-refractivity contribution in [2.75, 3.05) is 19.8 Å². The molecule has 0 amide bonds. The van der Waals surface area contributed by atoms with Gasteiger partial charge in [-0.1, -0.05) is 0 Å². The highest BCUT2D eigenvalue weighted by atomic mass is 32.2. The summed E-state index contributed by atoms with van der Waals surface area (Å²) in [6.45, 7) is 0.433. The Bertz CT molecular complexity index is 922. The topological polar surface area (TPSA) is 105 Å². The molecule has 9 heteroatoms. The van der Waals surface area contributed by atoms with Crippen LogP contribution in [0, 0.1) is 17.1 Å². The van der Waals surface area contributed by atoms with Gasteiger partial charge in [-0.25, -0.2) is 22.3 Å². The number of halogens is 1. The average molecular weight is 406 g/mol. The molecular formula is C19H19FN2O5S. The predicted molar refractivity (Wildman–Crippen MR) is 98.7 cm³/mol. The standard InChI is InChI=1S/C19H19FN2O5S/c20-16-5-7-17(8-6-16)26-13-2-14-27-19(23)15-3-9-18(10-4-15)28(24,25)22-12-1-11-21/h3-10,22H,1-2,12-14H2. The summed E-state index contributed by atoms with van der Waals surface area (Å²) in [4.78, 5) is 12.0. The van der Waals surface area contributed by atoms with Crippen molar-refractivity contribution in [3.05, 3.63) is 59.9 Å². The maximum Gasteiger partial charge on any atom is 0.338 e. The average Bonchev–Trinajstić information content (AvgIpc) is 2.69. The highest BCUT2D eigenvalue weighted by molar-refractivity contribution is 7.89. The molecule has 2 rings (SSSR count). The van der Waals surface area contributed by atoms with Crippen LogP contribution in [-0.4, -0.2) is 34.1 Å². The number of hydrogen-bond donors (Lipinski definition) is 1. The minimum Gasteiger partial charge on any atom is -0.493 e. The summed E-state index contributed by atoms with van der Waals surface area (Å²) >= 11 is 0. The number of carbonyl (C=O) groups excluding carboxylic acids is 1. The number of rotatable bonds is 10. The molecule has 0 fully saturated rings. The van der Waals surface area contributed by atoms with Crippen molar-refractivity contribution in [2.45, 2.75) is 17.7 Å². The molecule has 0 atom stereocenters. The van der Waals surface area contributed by atoms with Gasteiger partial charge < -0.3 is 9.47 Å². The van der Waals surface area contributed by atoms with Crippen molar-refractivity contribution in [3.63, 3.8) is 0 Å². The van der Waals surface area contributed by atoms with E-state index in [1.807, 2.05) is 6.07 Å². The lowest BCUT2D eigenvalue weighted by atomic mass is 10.2. The minimum atomic E-state index is -3.72. The summed E-state index contributed by atoms with van der Waals surface area (Å²) in [5.41, 5.74) is 0.218. The molecule has 2 aromatic rings. The Hall–Kier alpha value is -2.96. The van der Waals surface area contributed by atoms with Gasteiger partial charge in [-0.2, -0.15) is 5.26 Å². The van der Waals surface area contributed by atoms with E-state index in [0.29, 0.717) is 18.8 Å². The number of hydrogen-bond acceptors (Lipinski definition) is 6. The van der Waals surface area contributed by atoms with Crippen molar-refractivity contribution in [2.24, 2.45) is 0 Å². The van der Waals surface area contributed by atoms with Crippen LogP contribution in [0.15, 0.2) is 53.4 Å². The molecule has 0 spiro atoms. The predicted octanol–water partition coefficient (Wildman–Crippen LogP) is 2.64. The van der Waals surface area contributed by atoms with Crippen molar-refractivity contribution in [1.29, 1.82) is 5.26 Å². The molecule has 1 N–H and O–H groups in total. The number of carbonyl (C=O) groups is 1. The number of ether oxygens (including phenoxy) is 2. The van der Waals surface area contributed by atoms with Gasteiger partial charge in [0.25, 0.3) is 0 Å². The second-order valence-electron chi connectivity index (χ2n) is 5.62. The molecule has 0 saturated heterocycles. The first kappa shape index (κ1) is 21.3. The fourth-order valence-corrected chi connectivity index (χ4v) is 3.15. The maximum atomic E-state index is 12.8. The second-order valence-corrected chi connectivity index (χ2v) is 7.39. The lowest BCUT2D eigenvalue weighted by molar-refractivity contribution is 0.0486. The Morgan fingerprint density at radius 3 is 2.39 bits per heavy atom. The highest BCUT2D eigenvalue weighted by Crippen LogP contribution is 2.13. The largest absolute Gasteiger partial charge is 0.493 e. The van der Waals surface area contributed by atoms with Gasteiger partial charge in [-0.05, 0) is 48.5 Å². The van der Waals surface area contributed by atoms with Crippen LogP contribution in [0.2, 0.25) is 0 Å². The van der Waals surface area contributed by atoms with Gasteiger partial charge in [0.1, 0.15) is 11.6 Å². The van der Waals surface area contributed by atoms with Crippen LogP contribution < -0.4 is 9.46 Å². The molecule has 0 aliphatic heterocycles. The summed E-state index contributed by atoms with van der Waals surface area (Å²) < 4.78 is 49.6. The van der Waals surface area contributed by atoms with E-state index >= 15 is 0 Å². The lowest BCUT2D eigenvalue weighted by Crippen LogP contribution is -2.24. The summed E-state index contributed by atoms with van der Waals surface area (Å²) in [7, 11) is -3.72. The summed E-state index contributed by atoms with van der Waals surface area (Å²) in [6, 6.07) is 12.7. The molecule has 7 nitrogen and oxygen atoms in total. The zero-order valence-corrected chi connectivity index (χ0v) is 15.7. The van der Waals surface area contributed by atoms with Crippen LogP contribution in [0.25, 0.3) is 0 Å². The molecular weight excluding hydrogens is 387 g/mol. The van der Waals surface area contributed by atoms with E-state index in [1.165, 1.54) is 48.5 Å².